The molecule has 17 heavy (non-hydrogen) atoms. The highest BCUT2D eigenvalue weighted by Gasteiger charge is 2.75. The predicted octanol–water partition coefficient (Wildman–Crippen LogP) is 1.90. The summed E-state index contributed by atoms with van der Waals surface area (Å²) in [5.74, 6) is -18.2. The van der Waals surface area contributed by atoms with Gasteiger partial charge in [-0.05, 0) is 0 Å². The molecule has 2 N–H and O–H groups in total. The van der Waals surface area contributed by atoms with Crippen molar-refractivity contribution in [3.05, 3.63) is 0 Å². The summed E-state index contributed by atoms with van der Waals surface area (Å²) in [5.41, 5.74) is 0. The first-order valence-electron chi connectivity index (χ1n) is 4.10. The van der Waals surface area contributed by atoms with Crippen molar-refractivity contribution in [2.45, 2.75) is 36.7 Å². The standard InChI is InChI=1S/C7H8F8O2/c8-4(9)6(12,13)7(14,15)5(10,11)1-3(17)2-16/h3-4,16-17H,1-2H2. The van der Waals surface area contributed by atoms with E-state index in [2.05, 4.69) is 0 Å². The molecule has 0 radical (unpaired) electrons. The summed E-state index contributed by atoms with van der Waals surface area (Å²) in [5, 5.41) is 16.6. The molecule has 0 heterocycles. The summed E-state index contributed by atoms with van der Waals surface area (Å²) < 4.78 is 98.1. The lowest BCUT2D eigenvalue weighted by Gasteiger charge is -2.32. The van der Waals surface area contributed by atoms with Crippen molar-refractivity contribution >= 4 is 0 Å². The van der Waals surface area contributed by atoms with E-state index < -0.39 is 43.3 Å². The number of hydrogen-bond donors (Lipinski definition) is 2. The summed E-state index contributed by atoms with van der Waals surface area (Å²) in [6, 6.07) is 0. The van der Waals surface area contributed by atoms with E-state index in [1.54, 1.807) is 0 Å². The van der Waals surface area contributed by atoms with Crippen LogP contribution >= 0.6 is 0 Å². The number of halogens is 8. The normalized spacial score (nSPS) is 16.4. The molecule has 0 saturated heterocycles. The third-order valence-electron chi connectivity index (χ3n) is 1.85. The van der Waals surface area contributed by atoms with Gasteiger partial charge in [0.25, 0.3) is 0 Å². The van der Waals surface area contributed by atoms with Crippen LogP contribution in [-0.4, -0.2) is 47.1 Å². The molecule has 2 nitrogen and oxygen atoms in total. The first kappa shape index (κ1) is 16.4. The van der Waals surface area contributed by atoms with Gasteiger partial charge in [0.15, 0.2) is 0 Å². The lowest BCUT2D eigenvalue weighted by atomic mass is 9.99. The first-order chi connectivity index (χ1) is 7.40. The molecular formula is C7H8F8O2. The van der Waals surface area contributed by atoms with Gasteiger partial charge in [0.1, 0.15) is 0 Å². The van der Waals surface area contributed by atoms with E-state index in [0.717, 1.165) is 0 Å². The van der Waals surface area contributed by atoms with Gasteiger partial charge in [-0.3, -0.25) is 0 Å². The van der Waals surface area contributed by atoms with Crippen LogP contribution in [0.5, 0.6) is 0 Å². The number of aliphatic hydroxyl groups is 2. The molecule has 0 aromatic heterocycles. The maximum Gasteiger partial charge on any atom is 0.377 e. The highest BCUT2D eigenvalue weighted by Crippen LogP contribution is 2.50. The van der Waals surface area contributed by atoms with Gasteiger partial charge in [0, 0.05) is 6.42 Å². The molecule has 0 aromatic rings. The number of hydrogen-bond acceptors (Lipinski definition) is 2. The van der Waals surface area contributed by atoms with Crippen LogP contribution in [0, 0.1) is 0 Å². The van der Waals surface area contributed by atoms with Crippen LogP contribution in [-0.2, 0) is 0 Å². The van der Waals surface area contributed by atoms with Gasteiger partial charge in [-0.1, -0.05) is 0 Å². The van der Waals surface area contributed by atoms with Crippen molar-refractivity contribution < 1.29 is 45.3 Å². The second-order valence-corrected chi connectivity index (χ2v) is 3.24. The van der Waals surface area contributed by atoms with Crippen molar-refractivity contribution in [3.8, 4) is 0 Å². The minimum atomic E-state index is -6.34. The molecule has 0 rings (SSSR count). The molecule has 0 aromatic carbocycles. The van der Waals surface area contributed by atoms with Crippen LogP contribution in [0.3, 0.4) is 0 Å². The fourth-order valence-electron chi connectivity index (χ4n) is 0.870. The molecule has 0 fully saturated rings. The molecule has 0 aliphatic carbocycles. The van der Waals surface area contributed by atoms with Crippen molar-refractivity contribution in [2.75, 3.05) is 6.61 Å². The number of rotatable bonds is 6. The Hall–Kier alpha value is -0.640. The Bertz CT molecular complexity index is 254. The number of alkyl halides is 8. The molecule has 0 aliphatic rings. The third kappa shape index (κ3) is 2.97. The fraction of sp³-hybridized carbons (Fsp3) is 1.00. The molecule has 0 bridgehead atoms. The molecule has 0 saturated carbocycles. The van der Waals surface area contributed by atoms with Gasteiger partial charge in [0.2, 0.25) is 0 Å². The van der Waals surface area contributed by atoms with Gasteiger partial charge in [-0.25, -0.2) is 8.78 Å². The molecule has 104 valence electrons. The van der Waals surface area contributed by atoms with E-state index in [0.29, 0.717) is 0 Å². The Labute approximate surface area is 89.8 Å². The Morgan fingerprint density at radius 1 is 0.941 bits per heavy atom. The molecule has 0 spiro atoms. The minimum absolute atomic E-state index is 1.40. The van der Waals surface area contributed by atoms with E-state index in [1.165, 1.54) is 0 Å². The number of aliphatic hydroxyl groups excluding tert-OH is 2. The zero-order chi connectivity index (χ0) is 14.1. The quantitative estimate of drug-likeness (QED) is 0.727. The van der Waals surface area contributed by atoms with Gasteiger partial charge in [-0.2, -0.15) is 26.3 Å². The topological polar surface area (TPSA) is 40.5 Å². The van der Waals surface area contributed by atoms with Crippen LogP contribution in [0.15, 0.2) is 0 Å². The average molecular weight is 276 g/mol. The largest absolute Gasteiger partial charge is 0.394 e. The smallest absolute Gasteiger partial charge is 0.377 e. The predicted molar refractivity (Wildman–Crippen MR) is 38.6 cm³/mol. The zero-order valence-corrected chi connectivity index (χ0v) is 7.99. The maximum absolute atomic E-state index is 12.7. The van der Waals surface area contributed by atoms with Crippen LogP contribution in [0.1, 0.15) is 6.42 Å². The molecular weight excluding hydrogens is 268 g/mol. The van der Waals surface area contributed by atoms with Gasteiger partial charge in [-0.15, -0.1) is 0 Å². The maximum atomic E-state index is 12.7. The fourth-order valence-corrected chi connectivity index (χ4v) is 0.870. The van der Waals surface area contributed by atoms with Crippen molar-refractivity contribution in [1.82, 2.24) is 0 Å². The van der Waals surface area contributed by atoms with E-state index >= 15 is 0 Å². The highest BCUT2D eigenvalue weighted by atomic mass is 19.4. The van der Waals surface area contributed by atoms with E-state index in [1.807, 2.05) is 0 Å². The Morgan fingerprint density at radius 2 is 1.35 bits per heavy atom. The molecule has 10 heteroatoms. The first-order valence-corrected chi connectivity index (χ1v) is 4.10. The van der Waals surface area contributed by atoms with Gasteiger partial charge < -0.3 is 10.2 Å². The second-order valence-electron chi connectivity index (χ2n) is 3.24. The van der Waals surface area contributed by atoms with Gasteiger partial charge in [0.05, 0.1) is 12.7 Å². The van der Waals surface area contributed by atoms with Gasteiger partial charge >= 0.3 is 24.2 Å². The molecule has 0 amide bonds. The van der Waals surface area contributed by atoms with Crippen LogP contribution in [0.25, 0.3) is 0 Å². The molecule has 1 unspecified atom stereocenters. The Kier molecular flexibility index (Phi) is 4.74. The third-order valence-corrected chi connectivity index (χ3v) is 1.85. The molecule has 0 aliphatic heterocycles. The second kappa shape index (κ2) is 4.92. The lowest BCUT2D eigenvalue weighted by Crippen LogP contribution is -2.58. The molecule has 1 atom stereocenters. The van der Waals surface area contributed by atoms with Crippen LogP contribution < -0.4 is 0 Å². The minimum Gasteiger partial charge on any atom is -0.394 e. The van der Waals surface area contributed by atoms with Crippen molar-refractivity contribution in [2.24, 2.45) is 0 Å². The Morgan fingerprint density at radius 3 is 1.65 bits per heavy atom. The summed E-state index contributed by atoms with van der Waals surface area (Å²) in [6.07, 6.45) is -9.68. The summed E-state index contributed by atoms with van der Waals surface area (Å²) >= 11 is 0. The van der Waals surface area contributed by atoms with Crippen molar-refractivity contribution in [3.63, 3.8) is 0 Å². The van der Waals surface area contributed by atoms with E-state index in [9.17, 15) is 35.1 Å². The van der Waals surface area contributed by atoms with Crippen LogP contribution in [0.4, 0.5) is 35.1 Å². The summed E-state index contributed by atoms with van der Waals surface area (Å²) in [7, 11) is 0. The monoisotopic (exact) mass is 276 g/mol. The van der Waals surface area contributed by atoms with E-state index in [-0.39, 0.29) is 0 Å². The van der Waals surface area contributed by atoms with Crippen molar-refractivity contribution in [1.29, 1.82) is 0 Å². The average Bonchev–Trinajstić information content (AvgIpc) is 2.15. The SMILES string of the molecule is OCC(O)CC(F)(F)C(F)(F)C(F)(F)C(F)F. The van der Waals surface area contributed by atoms with E-state index in [4.69, 9.17) is 10.2 Å². The highest BCUT2D eigenvalue weighted by molar-refractivity contribution is 4.98. The lowest BCUT2D eigenvalue weighted by molar-refractivity contribution is -0.342. The summed E-state index contributed by atoms with van der Waals surface area (Å²) in [6.45, 7) is -1.40. The zero-order valence-electron chi connectivity index (χ0n) is 7.99. The Balaban J connectivity index is 5.15. The summed E-state index contributed by atoms with van der Waals surface area (Å²) in [4.78, 5) is 0. The van der Waals surface area contributed by atoms with Crippen LogP contribution in [0.2, 0.25) is 0 Å².